The van der Waals surface area contributed by atoms with Crippen LogP contribution >= 0.6 is 39.9 Å². The first-order valence-electron chi connectivity index (χ1n) is 7.24. The zero-order chi connectivity index (χ0) is 15.1. The highest BCUT2D eigenvalue weighted by atomic mass is 127. The Kier molecular flexibility index (Phi) is 9.11. The minimum Gasteiger partial charge on any atom is -0.490 e. The third kappa shape index (κ3) is 6.70. The zero-order valence-corrected chi connectivity index (χ0v) is 16.3. The van der Waals surface area contributed by atoms with Crippen molar-refractivity contribution < 1.29 is 9.84 Å². The highest BCUT2D eigenvalue weighted by Gasteiger charge is 2.16. The van der Waals surface area contributed by atoms with E-state index in [9.17, 15) is 5.11 Å². The molecule has 0 aromatic heterocycles. The number of nitrogens with one attached hydrogen (secondary N) is 1. The van der Waals surface area contributed by atoms with Crippen LogP contribution in [0, 0.1) is 5.92 Å². The summed E-state index contributed by atoms with van der Waals surface area (Å²) >= 11 is 3.39. The van der Waals surface area contributed by atoms with E-state index in [1.807, 2.05) is 24.3 Å². The van der Waals surface area contributed by atoms with Crippen LogP contribution in [0.15, 0.2) is 33.7 Å². The summed E-state index contributed by atoms with van der Waals surface area (Å²) in [6, 6.07) is 7.52. The van der Waals surface area contributed by atoms with Crippen molar-refractivity contribution >= 4 is 45.9 Å². The normalized spacial score (nSPS) is 16.4. The highest BCUT2D eigenvalue weighted by molar-refractivity contribution is 14.0. The molecule has 1 fully saturated rings. The number of para-hydroxylation sites is 1. The van der Waals surface area contributed by atoms with E-state index in [1.165, 1.54) is 19.3 Å². The summed E-state index contributed by atoms with van der Waals surface area (Å²) in [5.74, 6) is 1.82. The second-order valence-corrected chi connectivity index (χ2v) is 6.15. The number of aliphatic imine (C=N–C) groups is 1. The van der Waals surface area contributed by atoms with E-state index in [4.69, 9.17) is 10.5 Å². The lowest BCUT2D eigenvalue weighted by Gasteiger charge is -2.25. The van der Waals surface area contributed by atoms with Gasteiger partial charge in [-0.25, -0.2) is 0 Å². The van der Waals surface area contributed by atoms with Gasteiger partial charge in [-0.05, 0) is 46.8 Å². The zero-order valence-electron chi connectivity index (χ0n) is 12.4. The van der Waals surface area contributed by atoms with Crippen molar-refractivity contribution in [2.24, 2.45) is 16.6 Å². The molecule has 0 heterocycles. The average Bonchev–Trinajstić information content (AvgIpc) is 2.42. The Labute approximate surface area is 156 Å². The summed E-state index contributed by atoms with van der Waals surface area (Å²) in [6.45, 7) is 1.29. The third-order valence-corrected chi connectivity index (χ3v) is 4.19. The summed E-state index contributed by atoms with van der Waals surface area (Å²) < 4.78 is 6.39. The fourth-order valence-corrected chi connectivity index (χ4v) is 2.41. The van der Waals surface area contributed by atoms with Gasteiger partial charge in [0, 0.05) is 6.54 Å². The molecule has 5 nitrogen and oxygen atoms in total. The Hall–Kier alpha value is -0.540. The molecule has 124 valence electrons. The third-order valence-electron chi connectivity index (χ3n) is 3.54. The molecule has 4 N–H and O–H groups in total. The second-order valence-electron chi connectivity index (χ2n) is 5.30. The summed E-state index contributed by atoms with van der Waals surface area (Å²) in [5.41, 5.74) is 5.76. The van der Waals surface area contributed by atoms with Gasteiger partial charge in [-0.1, -0.05) is 18.6 Å². The quantitative estimate of drug-likeness (QED) is 0.316. The Balaban J connectivity index is 0.00000242. The maximum absolute atomic E-state index is 9.85. The molecule has 1 aromatic carbocycles. The summed E-state index contributed by atoms with van der Waals surface area (Å²) in [6.07, 6.45) is 3.17. The first kappa shape index (κ1) is 19.5. The van der Waals surface area contributed by atoms with Gasteiger partial charge < -0.3 is 20.9 Å². The highest BCUT2D eigenvalue weighted by Crippen LogP contribution is 2.25. The van der Waals surface area contributed by atoms with Crippen molar-refractivity contribution in [2.45, 2.75) is 25.4 Å². The average molecular weight is 484 g/mol. The Bertz CT molecular complexity index is 484. The molecule has 22 heavy (non-hydrogen) atoms. The summed E-state index contributed by atoms with van der Waals surface area (Å²) in [5, 5.41) is 12.9. The van der Waals surface area contributed by atoms with E-state index >= 15 is 0 Å². The van der Waals surface area contributed by atoms with Gasteiger partial charge in [0.05, 0.1) is 11.0 Å². The lowest BCUT2D eigenvalue weighted by atomic mass is 9.85. The second kappa shape index (κ2) is 10.3. The fourth-order valence-electron chi connectivity index (χ4n) is 2.01. The Morgan fingerprint density at radius 2 is 2.18 bits per heavy atom. The van der Waals surface area contributed by atoms with Gasteiger partial charge in [-0.2, -0.15) is 0 Å². The van der Waals surface area contributed by atoms with Crippen molar-refractivity contribution in [1.29, 1.82) is 0 Å². The van der Waals surface area contributed by atoms with Gasteiger partial charge in [0.15, 0.2) is 5.96 Å². The number of nitrogens with zero attached hydrogens (tertiary/aromatic N) is 1. The summed E-state index contributed by atoms with van der Waals surface area (Å²) in [7, 11) is 0. The van der Waals surface area contributed by atoms with Crippen LogP contribution in [-0.2, 0) is 0 Å². The predicted octanol–water partition coefficient (Wildman–Crippen LogP) is 2.51. The molecule has 1 unspecified atom stereocenters. The number of rotatable bonds is 7. The van der Waals surface area contributed by atoms with Crippen molar-refractivity contribution in [3.63, 3.8) is 0 Å². The fraction of sp³-hybridized carbons (Fsp3) is 0.533. The van der Waals surface area contributed by atoms with Crippen LogP contribution in [0.3, 0.4) is 0 Å². The molecule has 0 amide bonds. The SMILES string of the molecule is I.NC(=NCC(O)COc1ccccc1Br)NCC1CCC1. The predicted molar refractivity (Wildman–Crippen MR) is 103 cm³/mol. The van der Waals surface area contributed by atoms with E-state index in [-0.39, 0.29) is 37.1 Å². The maximum atomic E-state index is 9.85. The minimum atomic E-state index is -0.679. The number of hydrogen-bond donors (Lipinski definition) is 3. The molecule has 1 atom stereocenters. The molecule has 7 heteroatoms. The maximum Gasteiger partial charge on any atom is 0.188 e. The van der Waals surface area contributed by atoms with Gasteiger partial charge in [-0.15, -0.1) is 24.0 Å². The van der Waals surface area contributed by atoms with Crippen molar-refractivity contribution in [3.05, 3.63) is 28.7 Å². The largest absolute Gasteiger partial charge is 0.490 e. The Morgan fingerprint density at radius 1 is 1.45 bits per heavy atom. The molecule has 0 spiro atoms. The topological polar surface area (TPSA) is 79.9 Å². The number of aliphatic hydroxyl groups is 1. The van der Waals surface area contributed by atoms with Crippen molar-refractivity contribution in [3.8, 4) is 5.75 Å². The van der Waals surface area contributed by atoms with Crippen LogP contribution in [0.4, 0.5) is 0 Å². The molecule has 0 bridgehead atoms. The molecule has 0 saturated heterocycles. The molecule has 0 radical (unpaired) electrons. The van der Waals surface area contributed by atoms with Crippen LogP contribution < -0.4 is 15.8 Å². The smallest absolute Gasteiger partial charge is 0.188 e. The molecular formula is C15H23BrIN3O2. The molecule has 0 aliphatic heterocycles. The molecule has 1 aliphatic carbocycles. The number of halogens is 2. The van der Waals surface area contributed by atoms with Gasteiger partial charge in [0.1, 0.15) is 18.5 Å². The number of hydrogen-bond acceptors (Lipinski definition) is 3. The van der Waals surface area contributed by atoms with Crippen LogP contribution in [0.1, 0.15) is 19.3 Å². The standard InChI is InChI=1S/C15H22BrN3O2.HI/c16-13-6-1-2-7-14(13)21-10-12(20)9-19-15(17)18-8-11-4-3-5-11;/h1-2,6-7,11-12,20H,3-5,8-10H2,(H3,17,18,19);1H. The number of benzene rings is 1. The lowest BCUT2D eigenvalue weighted by molar-refractivity contribution is 0.114. The van der Waals surface area contributed by atoms with E-state index < -0.39 is 6.10 Å². The summed E-state index contributed by atoms with van der Waals surface area (Å²) in [4.78, 5) is 4.13. The number of guanidine groups is 1. The van der Waals surface area contributed by atoms with Crippen LogP contribution in [-0.4, -0.2) is 36.9 Å². The molecule has 1 aromatic rings. The van der Waals surface area contributed by atoms with Crippen molar-refractivity contribution in [1.82, 2.24) is 5.32 Å². The number of nitrogens with two attached hydrogens (primary N) is 1. The van der Waals surface area contributed by atoms with E-state index in [0.29, 0.717) is 11.7 Å². The van der Waals surface area contributed by atoms with Crippen LogP contribution in [0.25, 0.3) is 0 Å². The van der Waals surface area contributed by atoms with Crippen molar-refractivity contribution in [2.75, 3.05) is 19.7 Å². The Morgan fingerprint density at radius 3 is 2.82 bits per heavy atom. The monoisotopic (exact) mass is 483 g/mol. The van der Waals surface area contributed by atoms with Gasteiger partial charge >= 0.3 is 0 Å². The number of aliphatic hydroxyl groups excluding tert-OH is 1. The first-order valence-corrected chi connectivity index (χ1v) is 8.03. The first-order chi connectivity index (χ1) is 10.1. The molecule has 1 aliphatic rings. The van der Waals surface area contributed by atoms with E-state index in [2.05, 4.69) is 26.2 Å². The van der Waals surface area contributed by atoms with Gasteiger partial charge in [0.2, 0.25) is 0 Å². The number of ether oxygens (including phenoxy) is 1. The van der Waals surface area contributed by atoms with E-state index in [1.54, 1.807) is 0 Å². The molecular weight excluding hydrogens is 461 g/mol. The lowest BCUT2D eigenvalue weighted by Crippen LogP contribution is -2.38. The van der Waals surface area contributed by atoms with Crippen LogP contribution in [0.2, 0.25) is 0 Å². The minimum absolute atomic E-state index is 0. The van der Waals surface area contributed by atoms with Crippen LogP contribution in [0.5, 0.6) is 5.75 Å². The van der Waals surface area contributed by atoms with Gasteiger partial charge in [-0.3, -0.25) is 4.99 Å². The van der Waals surface area contributed by atoms with E-state index in [0.717, 1.165) is 16.9 Å². The molecule has 1 saturated carbocycles. The molecule has 2 rings (SSSR count). The van der Waals surface area contributed by atoms with Gasteiger partial charge in [0.25, 0.3) is 0 Å².